The Morgan fingerprint density at radius 3 is 2.20 bits per heavy atom. The maximum absolute atomic E-state index is 6.07. The normalized spacial score (nSPS) is 20.7. The largest absolute Gasteiger partial charge is 0.453 e. The summed E-state index contributed by atoms with van der Waals surface area (Å²) in [6.07, 6.45) is 1.15. The molecule has 2 aromatic rings. The number of hydrogen-bond acceptors (Lipinski definition) is 4. The highest BCUT2D eigenvalue weighted by atomic mass is 16.5. The second kappa shape index (κ2) is 7.06. The van der Waals surface area contributed by atoms with E-state index in [1.807, 2.05) is 12.1 Å². The first-order valence-corrected chi connectivity index (χ1v) is 9.28. The SMILES string of the molecule is CC1CN(CCCN2c3ccccc3Oc3ccccc32)CCN1C. The molecule has 1 unspecified atom stereocenters. The van der Waals surface area contributed by atoms with Gasteiger partial charge in [-0.2, -0.15) is 0 Å². The molecule has 0 N–H and O–H groups in total. The summed E-state index contributed by atoms with van der Waals surface area (Å²) >= 11 is 0. The zero-order chi connectivity index (χ0) is 17.2. The lowest BCUT2D eigenvalue weighted by Gasteiger charge is -2.38. The lowest BCUT2D eigenvalue weighted by molar-refractivity contribution is 0.105. The minimum absolute atomic E-state index is 0.651. The molecule has 2 aromatic carbocycles. The van der Waals surface area contributed by atoms with Crippen LogP contribution in [0.15, 0.2) is 48.5 Å². The van der Waals surface area contributed by atoms with Gasteiger partial charge >= 0.3 is 0 Å². The van der Waals surface area contributed by atoms with Crippen LogP contribution in [0, 0.1) is 0 Å². The number of benzene rings is 2. The van der Waals surface area contributed by atoms with Crippen molar-refractivity contribution >= 4 is 11.4 Å². The Kier molecular flexibility index (Phi) is 4.64. The number of piperazine rings is 1. The molecule has 4 nitrogen and oxygen atoms in total. The van der Waals surface area contributed by atoms with Gasteiger partial charge in [0.15, 0.2) is 11.5 Å². The van der Waals surface area contributed by atoms with Gasteiger partial charge < -0.3 is 19.4 Å². The molecule has 1 saturated heterocycles. The fraction of sp³-hybridized carbons (Fsp3) is 0.429. The van der Waals surface area contributed by atoms with Crippen LogP contribution < -0.4 is 9.64 Å². The average molecular weight is 337 g/mol. The number of fused-ring (bicyclic) bond motifs is 2. The van der Waals surface area contributed by atoms with Crippen LogP contribution >= 0.6 is 0 Å². The molecule has 25 heavy (non-hydrogen) atoms. The van der Waals surface area contributed by atoms with Crippen molar-refractivity contribution in [2.75, 3.05) is 44.7 Å². The summed E-state index contributed by atoms with van der Waals surface area (Å²) in [5.74, 6) is 1.91. The zero-order valence-corrected chi connectivity index (χ0v) is 15.2. The van der Waals surface area contributed by atoms with E-state index in [2.05, 4.69) is 65.1 Å². The Balaban J connectivity index is 1.45. The minimum atomic E-state index is 0.651. The first kappa shape index (κ1) is 16.4. The molecule has 2 aliphatic heterocycles. The van der Waals surface area contributed by atoms with Gasteiger partial charge in [-0.3, -0.25) is 0 Å². The number of para-hydroxylation sites is 4. The fourth-order valence-corrected chi connectivity index (χ4v) is 3.80. The summed E-state index contributed by atoms with van der Waals surface area (Å²) in [5.41, 5.74) is 2.35. The van der Waals surface area contributed by atoms with Crippen LogP contribution in [0.25, 0.3) is 0 Å². The number of anilines is 2. The Morgan fingerprint density at radius 1 is 0.920 bits per heavy atom. The van der Waals surface area contributed by atoms with Gasteiger partial charge in [0.25, 0.3) is 0 Å². The van der Waals surface area contributed by atoms with Crippen LogP contribution in [0.3, 0.4) is 0 Å². The van der Waals surface area contributed by atoms with Crippen LogP contribution in [0.1, 0.15) is 13.3 Å². The van der Waals surface area contributed by atoms with Gasteiger partial charge in [-0.15, -0.1) is 0 Å². The van der Waals surface area contributed by atoms with Crippen molar-refractivity contribution in [2.45, 2.75) is 19.4 Å². The molecule has 4 heteroatoms. The molecule has 0 spiro atoms. The van der Waals surface area contributed by atoms with E-state index < -0.39 is 0 Å². The molecule has 0 aliphatic carbocycles. The summed E-state index contributed by atoms with van der Waals surface area (Å²) in [6, 6.07) is 17.3. The van der Waals surface area contributed by atoms with Crippen molar-refractivity contribution in [2.24, 2.45) is 0 Å². The molecule has 2 heterocycles. The summed E-state index contributed by atoms with van der Waals surface area (Å²) < 4.78 is 6.07. The van der Waals surface area contributed by atoms with Crippen molar-refractivity contribution in [3.8, 4) is 11.5 Å². The van der Waals surface area contributed by atoms with Gasteiger partial charge in [0.05, 0.1) is 11.4 Å². The highest BCUT2D eigenvalue weighted by molar-refractivity contribution is 5.77. The van der Waals surface area contributed by atoms with Crippen LogP contribution in [-0.2, 0) is 0 Å². The van der Waals surface area contributed by atoms with Gasteiger partial charge in [0.2, 0.25) is 0 Å². The van der Waals surface area contributed by atoms with Crippen LogP contribution in [0.2, 0.25) is 0 Å². The molecule has 2 aliphatic rings. The van der Waals surface area contributed by atoms with E-state index in [1.54, 1.807) is 0 Å². The van der Waals surface area contributed by atoms with Crippen molar-refractivity contribution in [1.82, 2.24) is 9.80 Å². The standard InChI is InChI=1S/C21H27N3O/c1-17-16-23(15-14-22(17)2)12-7-13-24-18-8-3-5-10-20(18)25-21-11-6-4-9-19(21)24/h3-6,8-11,17H,7,12-16H2,1-2H3. The molecular formula is C21H27N3O. The van der Waals surface area contributed by atoms with Crippen LogP contribution in [-0.4, -0.2) is 55.6 Å². The number of rotatable bonds is 4. The summed E-state index contributed by atoms with van der Waals surface area (Å²) in [7, 11) is 2.23. The van der Waals surface area contributed by atoms with E-state index in [9.17, 15) is 0 Å². The van der Waals surface area contributed by atoms with Gasteiger partial charge in [0, 0.05) is 32.2 Å². The Labute approximate surface area is 150 Å². The van der Waals surface area contributed by atoms with Crippen molar-refractivity contribution in [3.63, 3.8) is 0 Å². The quantitative estimate of drug-likeness (QED) is 0.840. The van der Waals surface area contributed by atoms with E-state index in [-0.39, 0.29) is 0 Å². The zero-order valence-electron chi connectivity index (χ0n) is 15.2. The maximum atomic E-state index is 6.07. The molecule has 0 saturated carbocycles. The van der Waals surface area contributed by atoms with Gasteiger partial charge in [-0.1, -0.05) is 24.3 Å². The van der Waals surface area contributed by atoms with Gasteiger partial charge in [-0.25, -0.2) is 0 Å². The first-order chi connectivity index (χ1) is 12.2. The molecule has 0 amide bonds. The van der Waals surface area contributed by atoms with Gasteiger partial charge in [0.1, 0.15) is 0 Å². The Hall–Kier alpha value is -2.04. The second-order valence-electron chi connectivity index (χ2n) is 7.17. The topological polar surface area (TPSA) is 19.0 Å². The summed E-state index contributed by atoms with van der Waals surface area (Å²) in [4.78, 5) is 7.46. The van der Waals surface area contributed by atoms with Crippen LogP contribution in [0.4, 0.5) is 11.4 Å². The third-order valence-corrected chi connectivity index (χ3v) is 5.43. The molecule has 0 radical (unpaired) electrons. The molecule has 0 bridgehead atoms. The summed E-state index contributed by atoms with van der Waals surface area (Å²) in [6.45, 7) is 8.01. The highest BCUT2D eigenvalue weighted by Crippen LogP contribution is 2.46. The lowest BCUT2D eigenvalue weighted by Crippen LogP contribution is -2.50. The average Bonchev–Trinajstić information content (AvgIpc) is 2.64. The van der Waals surface area contributed by atoms with Crippen molar-refractivity contribution in [1.29, 1.82) is 0 Å². The molecule has 1 atom stereocenters. The smallest absolute Gasteiger partial charge is 0.151 e. The third-order valence-electron chi connectivity index (χ3n) is 5.43. The number of ether oxygens (including phenoxy) is 1. The monoisotopic (exact) mass is 337 g/mol. The summed E-state index contributed by atoms with van der Waals surface area (Å²) in [5, 5.41) is 0. The minimum Gasteiger partial charge on any atom is -0.453 e. The predicted octanol–water partition coefficient (Wildman–Crippen LogP) is 3.96. The third kappa shape index (κ3) is 3.37. The molecule has 0 aromatic heterocycles. The van der Waals surface area contributed by atoms with E-state index >= 15 is 0 Å². The van der Waals surface area contributed by atoms with Gasteiger partial charge in [-0.05, 0) is 51.2 Å². The van der Waals surface area contributed by atoms with Crippen molar-refractivity contribution < 1.29 is 4.74 Å². The highest BCUT2D eigenvalue weighted by Gasteiger charge is 2.24. The number of hydrogen-bond donors (Lipinski definition) is 0. The van der Waals surface area contributed by atoms with Crippen molar-refractivity contribution in [3.05, 3.63) is 48.5 Å². The molecule has 1 fully saturated rings. The number of likely N-dealkylation sites (N-methyl/N-ethyl adjacent to an activating group) is 1. The fourth-order valence-electron chi connectivity index (χ4n) is 3.80. The predicted molar refractivity (Wildman–Crippen MR) is 103 cm³/mol. The maximum Gasteiger partial charge on any atom is 0.151 e. The first-order valence-electron chi connectivity index (χ1n) is 9.28. The second-order valence-corrected chi connectivity index (χ2v) is 7.17. The molecule has 4 rings (SSSR count). The number of nitrogens with zero attached hydrogens (tertiary/aromatic N) is 3. The molecular weight excluding hydrogens is 310 g/mol. The van der Waals surface area contributed by atoms with E-state index in [0.29, 0.717) is 6.04 Å². The van der Waals surface area contributed by atoms with E-state index in [0.717, 1.165) is 31.0 Å². The molecule has 132 valence electrons. The van der Waals surface area contributed by atoms with Crippen LogP contribution in [0.5, 0.6) is 11.5 Å². The van der Waals surface area contributed by atoms with E-state index in [1.165, 1.54) is 31.0 Å². The van der Waals surface area contributed by atoms with E-state index in [4.69, 9.17) is 4.74 Å². The Bertz CT molecular complexity index is 687. The lowest BCUT2D eigenvalue weighted by atomic mass is 10.1. The Morgan fingerprint density at radius 2 is 1.56 bits per heavy atom.